The normalized spacial score (nSPS) is 25.6. The van der Waals surface area contributed by atoms with E-state index in [-0.39, 0.29) is 29.1 Å². The number of nitrogens with zero attached hydrogens (tertiary/aromatic N) is 1. The van der Waals surface area contributed by atoms with Gasteiger partial charge in [0.1, 0.15) is 0 Å². The molecule has 1 N–H and O–H groups in total. The Kier molecular flexibility index (Phi) is 8.47. The van der Waals surface area contributed by atoms with Gasteiger partial charge in [0.15, 0.2) is 17.4 Å². The summed E-state index contributed by atoms with van der Waals surface area (Å²) in [5, 5.41) is 3.27. The first-order valence-corrected chi connectivity index (χ1v) is 12.6. The summed E-state index contributed by atoms with van der Waals surface area (Å²) in [7, 11) is 0. The summed E-state index contributed by atoms with van der Waals surface area (Å²) in [5.74, 6) is -1.04. The van der Waals surface area contributed by atoms with E-state index in [4.69, 9.17) is 4.74 Å². The van der Waals surface area contributed by atoms with E-state index in [0.717, 1.165) is 89.6 Å². The Balaban J connectivity index is 1.12. The van der Waals surface area contributed by atoms with Gasteiger partial charge in [0.2, 0.25) is 5.91 Å². The number of ketones is 1. The Morgan fingerprint density at radius 1 is 0.909 bits per heavy atom. The van der Waals surface area contributed by atoms with Crippen LogP contribution in [0, 0.1) is 29.4 Å². The van der Waals surface area contributed by atoms with Gasteiger partial charge in [-0.3, -0.25) is 9.59 Å². The van der Waals surface area contributed by atoms with Gasteiger partial charge in [-0.25, -0.2) is 8.78 Å². The van der Waals surface area contributed by atoms with Crippen molar-refractivity contribution in [2.45, 2.75) is 63.8 Å². The molecule has 2 heterocycles. The predicted molar refractivity (Wildman–Crippen MR) is 122 cm³/mol. The van der Waals surface area contributed by atoms with Crippen molar-refractivity contribution in [1.82, 2.24) is 10.2 Å². The van der Waals surface area contributed by atoms with Crippen molar-refractivity contribution < 1.29 is 23.1 Å². The number of likely N-dealkylation sites (tertiary alicyclic amines) is 1. The summed E-state index contributed by atoms with van der Waals surface area (Å²) in [6, 6.07) is 3.75. The highest BCUT2D eigenvalue weighted by atomic mass is 19.2. The smallest absolute Gasteiger partial charge is 0.223 e. The first-order chi connectivity index (χ1) is 16.0. The molecular formula is C26H36F2N2O3. The minimum absolute atomic E-state index is 0.0744. The largest absolute Gasteiger partial charge is 0.381 e. The lowest BCUT2D eigenvalue weighted by atomic mass is 9.83. The number of Topliss-reactive ketones (excluding diaryl/α,β-unsaturated/α-hetero) is 1. The molecule has 0 radical (unpaired) electrons. The maximum absolute atomic E-state index is 13.5. The average molecular weight is 463 g/mol. The zero-order chi connectivity index (χ0) is 23.2. The molecule has 1 saturated carbocycles. The SMILES string of the molecule is O=C(NC1CCC(CCN2CCC(C(=O)c3ccc(F)c(F)c3)CC2)CC1)C1CCOCC1. The quantitative estimate of drug-likeness (QED) is 0.612. The zero-order valence-corrected chi connectivity index (χ0v) is 19.4. The highest BCUT2D eigenvalue weighted by molar-refractivity contribution is 5.97. The van der Waals surface area contributed by atoms with Crippen molar-refractivity contribution in [2.24, 2.45) is 17.8 Å². The van der Waals surface area contributed by atoms with Crippen LogP contribution in [0.25, 0.3) is 0 Å². The van der Waals surface area contributed by atoms with E-state index >= 15 is 0 Å². The summed E-state index contributed by atoms with van der Waals surface area (Å²) in [4.78, 5) is 27.5. The molecule has 0 unspecified atom stereocenters. The van der Waals surface area contributed by atoms with Crippen LogP contribution in [-0.4, -0.2) is 55.5 Å². The van der Waals surface area contributed by atoms with Crippen LogP contribution in [0.3, 0.4) is 0 Å². The van der Waals surface area contributed by atoms with Gasteiger partial charge >= 0.3 is 0 Å². The van der Waals surface area contributed by atoms with Crippen LogP contribution in [0.5, 0.6) is 0 Å². The molecule has 1 aromatic rings. The number of hydrogen-bond donors (Lipinski definition) is 1. The number of rotatable bonds is 7. The minimum atomic E-state index is -0.962. The van der Waals surface area contributed by atoms with Gasteiger partial charge in [-0.15, -0.1) is 0 Å². The third kappa shape index (κ3) is 6.60. The van der Waals surface area contributed by atoms with Crippen LogP contribution in [0.4, 0.5) is 8.78 Å². The highest BCUT2D eigenvalue weighted by Crippen LogP contribution is 2.29. The molecule has 1 amide bonds. The molecule has 0 aromatic heterocycles. The number of carbonyl (C=O) groups is 2. The molecule has 7 heteroatoms. The van der Waals surface area contributed by atoms with Crippen LogP contribution in [0.15, 0.2) is 18.2 Å². The molecule has 0 atom stereocenters. The van der Waals surface area contributed by atoms with E-state index in [1.165, 1.54) is 6.07 Å². The number of nitrogens with one attached hydrogen (secondary N) is 1. The Hall–Kier alpha value is -1.86. The van der Waals surface area contributed by atoms with Crippen LogP contribution in [0.2, 0.25) is 0 Å². The fraction of sp³-hybridized carbons (Fsp3) is 0.692. The molecule has 182 valence electrons. The van der Waals surface area contributed by atoms with E-state index in [0.29, 0.717) is 25.2 Å². The maximum Gasteiger partial charge on any atom is 0.223 e. The van der Waals surface area contributed by atoms with Crippen molar-refractivity contribution in [2.75, 3.05) is 32.8 Å². The molecule has 2 aliphatic heterocycles. The van der Waals surface area contributed by atoms with Gasteiger partial charge in [-0.05, 0) is 102 Å². The molecular weight excluding hydrogens is 426 g/mol. The number of carbonyl (C=O) groups excluding carboxylic acids is 2. The van der Waals surface area contributed by atoms with E-state index in [1.807, 2.05) is 0 Å². The average Bonchev–Trinajstić information content (AvgIpc) is 2.85. The molecule has 3 aliphatic rings. The number of halogens is 2. The monoisotopic (exact) mass is 462 g/mol. The molecule has 33 heavy (non-hydrogen) atoms. The van der Waals surface area contributed by atoms with E-state index in [9.17, 15) is 18.4 Å². The molecule has 3 fully saturated rings. The lowest BCUT2D eigenvalue weighted by molar-refractivity contribution is -0.128. The second-order valence-electron chi connectivity index (χ2n) is 10.0. The molecule has 4 rings (SSSR count). The highest BCUT2D eigenvalue weighted by Gasteiger charge is 2.29. The van der Waals surface area contributed by atoms with Gasteiger partial charge < -0.3 is 15.0 Å². The summed E-state index contributed by atoms with van der Waals surface area (Å²) in [6.07, 6.45) is 8.80. The van der Waals surface area contributed by atoms with Crippen molar-refractivity contribution in [1.29, 1.82) is 0 Å². The maximum atomic E-state index is 13.5. The lowest BCUT2D eigenvalue weighted by Crippen LogP contribution is -2.42. The fourth-order valence-electron chi connectivity index (χ4n) is 5.54. The molecule has 0 spiro atoms. The van der Waals surface area contributed by atoms with Gasteiger partial charge in [0.25, 0.3) is 0 Å². The first-order valence-electron chi connectivity index (χ1n) is 12.6. The van der Waals surface area contributed by atoms with Gasteiger partial charge in [0, 0.05) is 36.7 Å². The third-order valence-electron chi connectivity index (χ3n) is 7.80. The predicted octanol–water partition coefficient (Wildman–Crippen LogP) is 4.35. The molecule has 0 bridgehead atoms. The van der Waals surface area contributed by atoms with Crippen LogP contribution < -0.4 is 5.32 Å². The summed E-state index contributed by atoms with van der Waals surface area (Å²) in [6.45, 7) is 4.17. The number of amides is 1. The Labute approximate surface area is 195 Å². The van der Waals surface area contributed by atoms with E-state index in [2.05, 4.69) is 10.2 Å². The number of benzene rings is 1. The number of piperidine rings is 1. The van der Waals surface area contributed by atoms with Crippen molar-refractivity contribution >= 4 is 11.7 Å². The van der Waals surface area contributed by atoms with Crippen molar-refractivity contribution in [3.63, 3.8) is 0 Å². The Bertz CT molecular complexity index is 812. The molecule has 1 aromatic carbocycles. The standard InChI is InChI=1S/C26H36F2N2O3/c27-23-6-3-21(17-24(23)28)25(31)19-8-13-30(14-9-19)12-7-18-1-4-22(5-2-18)29-26(32)20-10-15-33-16-11-20/h3,6,17-20,22H,1-2,4-5,7-16H2,(H,29,32). The van der Waals surface area contributed by atoms with Crippen LogP contribution in [-0.2, 0) is 9.53 Å². The third-order valence-corrected chi connectivity index (χ3v) is 7.80. The summed E-state index contributed by atoms with van der Waals surface area (Å²) >= 11 is 0. The fourth-order valence-corrected chi connectivity index (χ4v) is 5.54. The van der Waals surface area contributed by atoms with E-state index < -0.39 is 11.6 Å². The Morgan fingerprint density at radius 3 is 2.27 bits per heavy atom. The van der Waals surface area contributed by atoms with Crippen LogP contribution in [0.1, 0.15) is 68.1 Å². The first kappa shape index (κ1) is 24.3. The van der Waals surface area contributed by atoms with Gasteiger partial charge in [-0.2, -0.15) is 0 Å². The van der Waals surface area contributed by atoms with E-state index in [1.54, 1.807) is 0 Å². The Morgan fingerprint density at radius 2 is 1.61 bits per heavy atom. The summed E-state index contributed by atoms with van der Waals surface area (Å²) < 4.78 is 31.9. The molecule has 5 nitrogen and oxygen atoms in total. The topological polar surface area (TPSA) is 58.6 Å². The number of hydrogen-bond acceptors (Lipinski definition) is 4. The summed E-state index contributed by atoms with van der Waals surface area (Å²) in [5.41, 5.74) is 0.271. The van der Waals surface area contributed by atoms with Crippen LogP contribution >= 0.6 is 0 Å². The van der Waals surface area contributed by atoms with Crippen molar-refractivity contribution in [3.05, 3.63) is 35.4 Å². The van der Waals surface area contributed by atoms with Gasteiger partial charge in [0.05, 0.1) is 0 Å². The van der Waals surface area contributed by atoms with Crippen molar-refractivity contribution in [3.8, 4) is 0 Å². The van der Waals surface area contributed by atoms with Gasteiger partial charge in [-0.1, -0.05) is 0 Å². The second-order valence-corrected chi connectivity index (χ2v) is 10.0. The second kappa shape index (κ2) is 11.5. The lowest BCUT2D eigenvalue weighted by Gasteiger charge is -2.34. The molecule has 2 saturated heterocycles. The zero-order valence-electron chi connectivity index (χ0n) is 19.4. The molecule has 1 aliphatic carbocycles. The number of ether oxygens (including phenoxy) is 1. The minimum Gasteiger partial charge on any atom is -0.381 e.